The molecule has 1 rings (SSSR count). The summed E-state index contributed by atoms with van der Waals surface area (Å²) < 4.78 is 10.6. The average Bonchev–Trinajstić information content (AvgIpc) is 2.15. The molecule has 5 heteroatoms. The van der Waals surface area contributed by atoms with Crippen molar-refractivity contribution in [2.45, 2.75) is 20.1 Å². The highest BCUT2D eigenvalue weighted by Gasteiger charge is 2.17. The van der Waals surface area contributed by atoms with Crippen molar-refractivity contribution < 1.29 is 19.1 Å². The predicted molar refractivity (Wildman–Crippen MR) is 60.4 cm³/mol. The van der Waals surface area contributed by atoms with Gasteiger partial charge in [0.1, 0.15) is 0 Å². The number of carbonyl (C=O) groups excluding carboxylic acids is 2. The third-order valence-corrected chi connectivity index (χ3v) is 2.16. The molecule has 86 valence electrons. The minimum absolute atomic E-state index is 0.508. The van der Waals surface area contributed by atoms with E-state index in [2.05, 4.69) is 15.9 Å². The number of benzene rings is 1. The van der Waals surface area contributed by atoms with Gasteiger partial charge in [0, 0.05) is 23.9 Å². The molecular formula is C11H11BrO4. The van der Waals surface area contributed by atoms with Gasteiger partial charge in [-0.3, -0.25) is 9.59 Å². The van der Waals surface area contributed by atoms with Gasteiger partial charge in [-0.2, -0.15) is 0 Å². The van der Waals surface area contributed by atoms with Gasteiger partial charge in [-0.05, 0) is 12.1 Å². The SMILES string of the molecule is CC(=O)OC(OC(C)=O)c1cccc(Br)c1. The van der Waals surface area contributed by atoms with E-state index in [0.717, 1.165) is 4.47 Å². The normalized spacial score (nSPS) is 10.0. The summed E-state index contributed by atoms with van der Waals surface area (Å²) in [5.74, 6) is -1.02. The maximum atomic E-state index is 10.9. The van der Waals surface area contributed by atoms with Crippen molar-refractivity contribution in [2.24, 2.45) is 0 Å². The first kappa shape index (κ1) is 12.7. The molecule has 0 atom stereocenters. The van der Waals surface area contributed by atoms with Gasteiger partial charge in [-0.15, -0.1) is 0 Å². The van der Waals surface area contributed by atoms with Crippen LogP contribution in [0.3, 0.4) is 0 Å². The van der Waals surface area contributed by atoms with Crippen molar-refractivity contribution in [3.05, 3.63) is 34.3 Å². The number of carbonyl (C=O) groups is 2. The molecule has 0 unspecified atom stereocenters. The van der Waals surface area contributed by atoms with E-state index in [9.17, 15) is 9.59 Å². The topological polar surface area (TPSA) is 52.6 Å². The van der Waals surface area contributed by atoms with Gasteiger partial charge in [0.15, 0.2) is 0 Å². The number of hydrogen-bond acceptors (Lipinski definition) is 4. The molecule has 0 radical (unpaired) electrons. The zero-order valence-electron chi connectivity index (χ0n) is 8.90. The first-order valence-electron chi connectivity index (χ1n) is 4.59. The highest BCUT2D eigenvalue weighted by atomic mass is 79.9. The first-order chi connectivity index (χ1) is 7.49. The van der Waals surface area contributed by atoms with Gasteiger partial charge in [-0.1, -0.05) is 28.1 Å². The minimum atomic E-state index is -0.993. The summed E-state index contributed by atoms with van der Waals surface area (Å²) in [6, 6.07) is 7.01. The van der Waals surface area contributed by atoms with E-state index in [-0.39, 0.29) is 0 Å². The Morgan fingerprint density at radius 2 is 1.75 bits per heavy atom. The van der Waals surface area contributed by atoms with Crippen LogP contribution >= 0.6 is 15.9 Å². The molecule has 0 spiro atoms. The van der Waals surface area contributed by atoms with E-state index in [1.54, 1.807) is 18.2 Å². The van der Waals surface area contributed by atoms with E-state index in [1.807, 2.05) is 6.07 Å². The van der Waals surface area contributed by atoms with Gasteiger partial charge in [0.2, 0.25) is 0 Å². The van der Waals surface area contributed by atoms with E-state index >= 15 is 0 Å². The molecule has 0 bridgehead atoms. The molecule has 0 aliphatic rings. The van der Waals surface area contributed by atoms with Crippen LogP contribution in [0.15, 0.2) is 28.7 Å². The molecule has 0 aliphatic carbocycles. The quantitative estimate of drug-likeness (QED) is 0.633. The maximum absolute atomic E-state index is 10.9. The van der Waals surface area contributed by atoms with E-state index in [1.165, 1.54) is 13.8 Å². The minimum Gasteiger partial charge on any atom is -0.421 e. The van der Waals surface area contributed by atoms with E-state index in [4.69, 9.17) is 9.47 Å². The van der Waals surface area contributed by atoms with Crippen molar-refractivity contribution in [3.63, 3.8) is 0 Å². The molecule has 0 heterocycles. The Bertz CT molecular complexity index is 387. The van der Waals surface area contributed by atoms with Crippen LogP contribution < -0.4 is 0 Å². The van der Waals surface area contributed by atoms with Crippen LogP contribution in [0.25, 0.3) is 0 Å². The smallest absolute Gasteiger partial charge is 0.305 e. The summed E-state index contributed by atoms with van der Waals surface area (Å²) >= 11 is 3.28. The van der Waals surface area contributed by atoms with Gasteiger partial charge in [-0.25, -0.2) is 0 Å². The Morgan fingerprint density at radius 1 is 1.19 bits per heavy atom. The number of halogens is 1. The molecule has 0 N–H and O–H groups in total. The fourth-order valence-electron chi connectivity index (χ4n) is 1.11. The van der Waals surface area contributed by atoms with Crippen molar-refractivity contribution >= 4 is 27.9 Å². The third-order valence-electron chi connectivity index (χ3n) is 1.67. The van der Waals surface area contributed by atoms with E-state index < -0.39 is 18.2 Å². The second-order valence-electron chi connectivity index (χ2n) is 3.11. The fourth-order valence-corrected chi connectivity index (χ4v) is 1.53. The maximum Gasteiger partial charge on any atom is 0.305 e. The number of ether oxygens (including phenoxy) is 2. The summed E-state index contributed by atoms with van der Waals surface area (Å²) in [6.07, 6.45) is -0.993. The predicted octanol–water partition coefficient (Wildman–Crippen LogP) is 2.57. The molecule has 0 saturated heterocycles. The van der Waals surface area contributed by atoms with Crippen LogP contribution in [-0.2, 0) is 19.1 Å². The molecule has 0 aromatic heterocycles. The van der Waals surface area contributed by atoms with Crippen molar-refractivity contribution in [3.8, 4) is 0 Å². The van der Waals surface area contributed by atoms with Crippen LogP contribution in [-0.4, -0.2) is 11.9 Å². The van der Waals surface area contributed by atoms with Gasteiger partial charge < -0.3 is 9.47 Å². The standard InChI is InChI=1S/C11H11BrO4/c1-7(13)15-11(16-8(2)14)9-4-3-5-10(12)6-9/h3-6,11H,1-2H3. The second kappa shape index (κ2) is 5.65. The monoisotopic (exact) mass is 286 g/mol. The third kappa shape index (κ3) is 4.02. The molecular weight excluding hydrogens is 276 g/mol. The Morgan fingerprint density at radius 3 is 2.19 bits per heavy atom. The molecule has 4 nitrogen and oxygen atoms in total. The number of rotatable bonds is 3. The lowest BCUT2D eigenvalue weighted by Crippen LogP contribution is -2.14. The highest BCUT2D eigenvalue weighted by Crippen LogP contribution is 2.22. The molecule has 16 heavy (non-hydrogen) atoms. The largest absolute Gasteiger partial charge is 0.421 e. The highest BCUT2D eigenvalue weighted by molar-refractivity contribution is 9.10. The van der Waals surface area contributed by atoms with Gasteiger partial charge >= 0.3 is 11.9 Å². The van der Waals surface area contributed by atoms with Crippen LogP contribution in [0.4, 0.5) is 0 Å². The molecule has 0 amide bonds. The summed E-state index contributed by atoms with van der Waals surface area (Å²) in [5.41, 5.74) is 0.597. The molecule has 0 fully saturated rings. The van der Waals surface area contributed by atoms with Crippen LogP contribution in [0.2, 0.25) is 0 Å². The second-order valence-corrected chi connectivity index (χ2v) is 4.02. The van der Waals surface area contributed by atoms with Crippen molar-refractivity contribution in [1.29, 1.82) is 0 Å². The summed E-state index contributed by atoms with van der Waals surface area (Å²) in [6.45, 7) is 2.52. The lowest BCUT2D eigenvalue weighted by molar-refractivity contribution is -0.186. The summed E-state index contributed by atoms with van der Waals surface area (Å²) in [5, 5.41) is 0. The first-order valence-corrected chi connectivity index (χ1v) is 5.38. The average molecular weight is 287 g/mol. The van der Waals surface area contributed by atoms with Crippen LogP contribution in [0, 0.1) is 0 Å². The van der Waals surface area contributed by atoms with Crippen LogP contribution in [0.5, 0.6) is 0 Å². The van der Waals surface area contributed by atoms with Gasteiger partial charge in [0.25, 0.3) is 6.29 Å². The van der Waals surface area contributed by atoms with E-state index in [0.29, 0.717) is 5.56 Å². The van der Waals surface area contributed by atoms with Crippen molar-refractivity contribution in [2.75, 3.05) is 0 Å². The molecule has 0 aliphatic heterocycles. The zero-order valence-corrected chi connectivity index (χ0v) is 10.5. The molecule has 1 aromatic carbocycles. The lowest BCUT2D eigenvalue weighted by Gasteiger charge is -2.16. The van der Waals surface area contributed by atoms with Gasteiger partial charge in [0.05, 0.1) is 0 Å². The molecule has 1 aromatic rings. The molecule has 0 saturated carbocycles. The Balaban J connectivity index is 2.90. The van der Waals surface area contributed by atoms with Crippen molar-refractivity contribution in [1.82, 2.24) is 0 Å². The Hall–Kier alpha value is -1.36. The Labute approximate surface area is 102 Å². The fraction of sp³-hybridized carbons (Fsp3) is 0.273. The Kier molecular flexibility index (Phi) is 4.49. The number of hydrogen-bond donors (Lipinski definition) is 0. The zero-order chi connectivity index (χ0) is 12.1. The number of esters is 2. The summed E-state index contributed by atoms with van der Waals surface area (Å²) in [4.78, 5) is 21.7. The van der Waals surface area contributed by atoms with Crippen LogP contribution in [0.1, 0.15) is 25.7 Å². The summed E-state index contributed by atoms with van der Waals surface area (Å²) in [7, 11) is 0. The lowest BCUT2D eigenvalue weighted by atomic mass is 10.2.